The van der Waals surface area contributed by atoms with Crippen molar-refractivity contribution in [2.24, 2.45) is 0 Å². The van der Waals surface area contributed by atoms with Crippen molar-refractivity contribution in [2.45, 2.75) is 45.6 Å². The van der Waals surface area contributed by atoms with Crippen LogP contribution < -0.4 is 20.5 Å². The summed E-state index contributed by atoms with van der Waals surface area (Å²) >= 11 is 0. The van der Waals surface area contributed by atoms with Gasteiger partial charge in [0.05, 0.1) is 23.9 Å². The number of ketones is 1. The number of carboxylic acid groups (broad SMARTS) is 1. The van der Waals surface area contributed by atoms with Gasteiger partial charge in [0.2, 0.25) is 5.95 Å². The van der Waals surface area contributed by atoms with Gasteiger partial charge in [0, 0.05) is 30.9 Å². The Bertz CT molecular complexity index is 1650. The molecule has 5 rings (SSSR count). The number of nitrogens with one attached hydrogen (secondary N) is 1. The molecule has 212 valence electrons. The zero-order chi connectivity index (χ0) is 29.1. The summed E-state index contributed by atoms with van der Waals surface area (Å²) in [6.07, 6.45) is 8.36. The van der Waals surface area contributed by atoms with Crippen molar-refractivity contribution in [2.75, 3.05) is 30.4 Å². The topological polar surface area (TPSA) is 152 Å². The van der Waals surface area contributed by atoms with Crippen LogP contribution in [0.2, 0.25) is 0 Å². The Morgan fingerprint density at radius 3 is 2.51 bits per heavy atom. The van der Waals surface area contributed by atoms with E-state index in [1.54, 1.807) is 42.1 Å². The standard InChI is InChI=1S/C29H31N7O5/c1-17-22-16-32-29(34-26(22)36(20-6-4-5-7-20)27(38)25(17)18(2)37)33-23-10-9-21(15-30-23)41-13-12-35(3)24-11-8-19(14-31-24)28(39)40/h8-11,14-16,20H,4-7,12-13H2,1-3H3,(H,39,40)(H,30,32,33,34). The van der Waals surface area contributed by atoms with Crippen LogP contribution in [-0.4, -0.2) is 61.6 Å². The largest absolute Gasteiger partial charge is 0.490 e. The highest BCUT2D eigenvalue weighted by molar-refractivity contribution is 5.99. The number of carbonyl (C=O) groups is 2. The minimum Gasteiger partial charge on any atom is -0.490 e. The first-order chi connectivity index (χ1) is 19.7. The van der Waals surface area contributed by atoms with E-state index in [0.29, 0.717) is 53.1 Å². The molecule has 0 bridgehead atoms. The Morgan fingerprint density at radius 1 is 1.10 bits per heavy atom. The first-order valence-electron chi connectivity index (χ1n) is 13.4. The van der Waals surface area contributed by atoms with Crippen molar-refractivity contribution in [1.29, 1.82) is 0 Å². The van der Waals surface area contributed by atoms with Crippen molar-refractivity contribution < 1.29 is 19.4 Å². The molecule has 12 heteroatoms. The van der Waals surface area contributed by atoms with E-state index in [1.165, 1.54) is 19.2 Å². The Labute approximate surface area is 236 Å². The molecule has 0 unspecified atom stereocenters. The number of ether oxygens (including phenoxy) is 1. The fraction of sp³-hybridized carbons (Fsp3) is 0.345. The van der Waals surface area contributed by atoms with Crippen molar-refractivity contribution in [3.63, 3.8) is 0 Å². The van der Waals surface area contributed by atoms with Gasteiger partial charge in [-0.25, -0.2) is 19.7 Å². The average molecular weight is 558 g/mol. The van der Waals surface area contributed by atoms with Gasteiger partial charge < -0.3 is 20.1 Å². The number of carbonyl (C=O) groups excluding carboxylic acids is 1. The predicted octanol–water partition coefficient (Wildman–Crippen LogP) is 4.16. The van der Waals surface area contributed by atoms with E-state index in [-0.39, 0.29) is 28.5 Å². The van der Waals surface area contributed by atoms with Gasteiger partial charge in [0.15, 0.2) is 5.78 Å². The van der Waals surface area contributed by atoms with Crippen molar-refractivity contribution in [3.8, 4) is 5.75 Å². The molecule has 1 fully saturated rings. The maximum atomic E-state index is 13.4. The molecule has 1 saturated carbocycles. The number of aromatic nitrogens is 5. The number of likely N-dealkylation sites (N-methyl/N-ethyl adjacent to an activating group) is 1. The van der Waals surface area contributed by atoms with Crippen LogP contribution >= 0.6 is 0 Å². The number of anilines is 3. The van der Waals surface area contributed by atoms with Crippen LogP contribution in [0.4, 0.5) is 17.6 Å². The first-order valence-corrected chi connectivity index (χ1v) is 13.4. The van der Waals surface area contributed by atoms with Gasteiger partial charge >= 0.3 is 5.97 Å². The lowest BCUT2D eigenvalue weighted by atomic mass is 10.0. The number of nitrogens with zero attached hydrogens (tertiary/aromatic N) is 6. The Morgan fingerprint density at radius 2 is 1.88 bits per heavy atom. The number of Topliss-reactive ketones (excluding diaryl/α,β-unsaturated/α-hetero) is 1. The van der Waals surface area contributed by atoms with Gasteiger partial charge in [0.1, 0.15) is 29.6 Å². The number of aromatic carboxylic acids is 1. The predicted molar refractivity (Wildman–Crippen MR) is 154 cm³/mol. The molecule has 4 heterocycles. The molecule has 4 aromatic rings. The summed E-state index contributed by atoms with van der Waals surface area (Å²) in [5.74, 6) is 0.729. The molecule has 0 amide bonds. The normalized spacial score (nSPS) is 13.3. The summed E-state index contributed by atoms with van der Waals surface area (Å²) in [4.78, 5) is 56.3. The Kier molecular flexibility index (Phi) is 7.90. The van der Waals surface area contributed by atoms with E-state index in [4.69, 9.17) is 9.84 Å². The summed E-state index contributed by atoms with van der Waals surface area (Å²) in [7, 11) is 1.84. The van der Waals surface area contributed by atoms with Crippen LogP contribution in [0.25, 0.3) is 11.0 Å². The number of rotatable bonds is 10. The highest BCUT2D eigenvalue weighted by Gasteiger charge is 2.25. The van der Waals surface area contributed by atoms with Gasteiger partial charge in [0.25, 0.3) is 5.56 Å². The summed E-state index contributed by atoms with van der Waals surface area (Å²) in [6, 6.07) is 6.67. The monoisotopic (exact) mass is 557 g/mol. The molecular weight excluding hydrogens is 526 g/mol. The van der Waals surface area contributed by atoms with Gasteiger partial charge in [-0.05, 0) is 56.5 Å². The lowest BCUT2D eigenvalue weighted by molar-refractivity contribution is 0.0696. The second kappa shape index (κ2) is 11.7. The van der Waals surface area contributed by atoms with E-state index in [9.17, 15) is 14.4 Å². The van der Waals surface area contributed by atoms with E-state index in [1.807, 2.05) is 11.9 Å². The maximum Gasteiger partial charge on any atom is 0.337 e. The molecule has 0 atom stereocenters. The van der Waals surface area contributed by atoms with Crippen LogP contribution in [0.5, 0.6) is 5.75 Å². The van der Waals surface area contributed by atoms with Crippen molar-refractivity contribution in [1.82, 2.24) is 24.5 Å². The molecular formula is C29H31N7O5. The minimum atomic E-state index is -1.02. The molecule has 1 aliphatic rings. The van der Waals surface area contributed by atoms with Crippen LogP contribution in [0, 0.1) is 6.92 Å². The fourth-order valence-corrected chi connectivity index (χ4v) is 5.12. The van der Waals surface area contributed by atoms with Crippen LogP contribution in [0.15, 0.2) is 47.7 Å². The fourth-order valence-electron chi connectivity index (χ4n) is 5.12. The van der Waals surface area contributed by atoms with Crippen LogP contribution in [-0.2, 0) is 0 Å². The molecule has 12 nitrogen and oxygen atoms in total. The number of hydrogen-bond acceptors (Lipinski definition) is 10. The van der Waals surface area contributed by atoms with Gasteiger partial charge in [-0.3, -0.25) is 14.2 Å². The third kappa shape index (κ3) is 5.86. The minimum absolute atomic E-state index is 0.0000573. The average Bonchev–Trinajstić information content (AvgIpc) is 3.48. The van der Waals surface area contributed by atoms with Crippen molar-refractivity contribution >= 4 is 40.4 Å². The number of carboxylic acids is 1. The first kappa shape index (κ1) is 27.7. The van der Waals surface area contributed by atoms with E-state index in [0.717, 1.165) is 25.7 Å². The summed E-state index contributed by atoms with van der Waals surface area (Å²) in [5.41, 5.74) is 1.14. The molecule has 0 aromatic carbocycles. The zero-order valence-electron chi connectivity index (χ0n) is 23.1. The molecule has 41 heavy (non-hydrogen) atoms. The number of pyridine rings is 3. The summed E-state index contributed by atoms with van der Waals surface area (Å²) in [5, 5.41) is 12.8. The molecule has 0 aliphatic heterocycles. The smallest absolute Gasteiger partial charge is 0.337 e. The third-order valence-corrected chi connectivity index (χ3v) is 7.31. The number of fused-ring (bicyclic) bond motifs is 1. The highest BCUT2D eigenvalue weighted by atomic mass is 16.5. The Hall–Kier alpha value is -4.87. The van der Waals surface area contributed by atoms with Gasteiger partial charge in [-0.15, -0.1) is 0 Å². The summed E-state index contributed by atoms with van der Waals surface area (Å²) in [6.45, 7) is 4.07. The molecule has 0 radical (unpaired) electrons. The van der Waals surface area contributed by atoms with Crippen molar-refractivity contribution in [3.05, 3.63) is 69.9 Å². The Balaban J connectivity index is 1.28. The second-order valence-electron chi connectivity index (χ2n) is 10.1. The lowest BCUT2D eigenvalue weighted by Crippen LogP contribution is -2.30. The lowest BCUT2D eigenvalue weighted by Gasteiger charge is -2.19. The maximum absolute atomic E-state index is 13.4. The van der Waals surface area contributed by atoms with E-state index >= 15 is 0 Å². The van der Waals surface area contributed by atoms with E-state index in [2.05, 4.69) is 25.3 Å². The SMILES string of the molecule is CC(=O)c1c(C)c2cnc(Nc3ccc(OCCN(C)c4ccc(C(=O)O)cn4)cn3)nc2n(C2CCCC2)c1=O. The van der Waals surface area contributed by atoms with Crippen LogP contribution in [0.3, 0.4) is 0 Å². The molecule has 1 aliphatic carbocycles. The molecule has 2 N–H and O–H groups in total. The van der Waals surface area contributed by atoms with Gasteiger partial charge in [-0.1, -0.05) is 12.8 Å². The number of hydrogen-bond donors (Lipinski definition) is 2. The van der Waals surface area contributed by atoms with Crippen LogP contribution in [0.1, 0.15) is 64.9 Å². The molecule has 0 spiro atoms. The number of aryl methyl sites for hydroxylation is 1. The molecule has 0 saturated heterocycles. The summed E-state index contributed by atoms with van der Waals surface area (Å²) < 4.78 is 7.48. The second-order valence-corrected chi connectivity index (χ2v) is 10.1. The quantitative estimate of drug-likeness (QED) is 0.270. The zero-order valence-corrected chi connectivity index (χ0v) is 23.1. The highest BCUT2D eigenvalue weighted by Crippen LogP contribution is 2.32. The molecule has 4 aromatic heterocycles. The third-order valence-electron chi connectivity index (χ3n) is 7.31. The van der Waals surface area contributed by atoms with E-state index < -0.39 is 5.97 Å². The van der Waals surface area contributed by atoms with Gasteiger partial charge in [-0.2, -0.15) is 4.98 Å².